The summed E-state index contributed by atoms with van der Waals surface area (Å²) in [7, 11) is 1.64. The highest BCUT2D eigenvalue weighted by Crippen LogP contribution is 2.25. The molecule has 0 bridgehead atoms. The molecule has 0 aliphatic carbocycles. The second kappa shape index (κ2) is 9.48. The van der Waals surface area contributed by atoms with Crippen LogP contribution in [0.25, 0.3) is 0 Å². The van der Waals surface area contributed by atoms with E-state index >= 15 is 0 Å². The number of anilines is 1. The van der Waals surface area contributed by atoms with Crippen molar-refractivity contribution in [1.82, 2.24) is 4.98 Å². The summed E-state index contributed by atoms with van der Waals surface area (Å²) in [5.74, 6) is 3.19. The van der Waals surface area contributed by atoms with Crippen LogP contribution in [0.2, 0.25) is 0 Å². The highest BCUT2D eigenvalue weighted by atomic mass is 16.5. The van der Waals surface area contributed by atoms with Gasteiger partial charge in [-0.1, -0.05) is 23.8 Å². The second-order valence-electron chi connectivity index (χ2n) is 6.05. The molecule has 27 heavy (non-hydrogen) atoms. The van der Waals surface area contributed by atoms with Gasteiger partial charge in [-0.3, -0.25) is 0 Å². The molecule has 1 aromatic heterocycles. The summed E-state index contributed by atoms with van der Waals surface area (Å²) in [5.41, 5.74) is 2.23. The lowest BCUT2D eigenvalue weighted by molar-refractivity contribution is 0.215. The van der Waals surface area contributed by atoms with Crippen LogP contribution in [0.1, 0.15) is 11.1 Å². The number of rotatable bonds is 9. The Morgan fingerprint density at radius 2 is 1.67 bits per heavy atom. The average Bonchev–Trinajstić information content (AvgIpc) is 2.72. The van der Waals surface area contributed by atoms with Gasteiger partial charge in [-0.05, 0) is 43.3 Å². The van der Waals surface area contributed by atoms with E-state index in [0.29, 0.717) is 19.8 Å². The molecule has 0 amide bonds. The molecule has 1 N–H and O–H groups in total. The Balaban J connectivity index is 1.57. The lowest BCUT2D eigenvalue weighted by Crippen LogP contribution is -2.11. The fraction of sp³-hybridized carbons (Fsp3) is 0.227. The van der Waals surface area contributed by atoms with Crippen molar-refractivity contribution < 1.29 is 14.2 Å². The molecule has 5 heteroatoms. The number of aromatic nitrogens is 1. The number of ether oxygens (including phenoxy) is 3. The molecule has 0 fully saturated rings. The van der Waals surface area contributed by atoms with Gasteiger partial charge in [0.1, 0.15) is 36.3 Å². The van der Waals surface area contributed by atoms with E-state index in [1.54, 1.807) is 13.3 Å². The van der Waals surface area contributed by atoms with Gasteiger partial charge in [-0.2, -0.15) is 0 Å². The van der Waals surface area contributed by atoms with Crippen LogP contribution in [0.4, 0.5) is 5.82 Å². The highest BCUT2D eigenvalue weighted by Gasteiger charge is 2.07. The molecule has 3 rings (SSSR count). The summed E-state index contributed by atoms with van der Waals surface area (Å²) in [6.07, 6.45) is 1.76. The lowest BCUT2D eigenvalue weighted by Gasteiger charge is -2.14. The molecule has 0 aliphatic rings. The standard InChI is InChI=1S/C22H24N2O3/c1-17-6-9-19(10-7-17)26-13-14-27-21-15-20(25-2)11-8-18(21)16-24-22-5-3-4-12-23-22/h3-12,15H,13-14,16H2,1-2H3,(H,23,24). The van der Waals surface area contributed by atoms with Gasteiger partial charge in [0.2, 0.25) is 0 Å². The number of hydrogen-bond acceptors (Lipinski definition) is 5. The van der Waals surface area contributed by atoms with Crippen molar-refractivity contribution in [2.75, 3.05) is 25.6 Å². The van der Waals surface area contributed by atoms with Crippen LogP contribution in [0, 0.1) is 6.92 Å². The van der Waals surface area contributed by atoms with Crippen molar-refractivity contribution in [3.8, 4) is 17.2 Å². The summed E-state index contributed by atoms with van der Waals surface area (Å²) in [4.78, 5) is 4.28. The van der Waals surface area contributed by atoms with E-state index in [1.807, 2.05) is 60.7 Å². The SMILES string of the molecule is COc1ccc(CNc2ccccn2)c(OCCOc2ccc(C)cc2)c1. The van der Waals surface area contributed by atoms with Gasteiger partial charge < -0.3 is 19.5 Å². The minimum Gasteiger partial charge on any atom is -0.497 e. The third kappa shape index (κ3) is 5.64. The molecular weight excluding hydrogens is 340 g/mol. The Morgan fingerprint density at radius 1 is 0.889 bits per heavy atom. The van der Waals surface area contributed by atoms with Crippen molar-refractivity contribution in [2.24, 2.45) is 0 Å². The Kier molecular flexibility index (Phi) is 6.52. The monoisotopic (exact) mass is 364 g/mol. The minimum atomic E-state index is 0.442. The van der Waals surface area contributed by atoms with Gasteiger partial charge in [-0.15, -0.1) is 0 Å². The zero-order chi connectivity index (χ0) is 18.9. The summed E-state index contributed by atoms with van der Waals surface area (Å²) in [5, 5.41) is 3.30. The van der Waals surface area contributed by atoms with Gasteiger partial charge in [0.15, 0.2) is 0 Å². The van der Waals surface area contributed by atoms with Gasteiger partial charge in [0, 0.05) is 24.4 Å². The van der Waals surface area contributed by atoms with E-state index in [2.05, 4.69) is 17.2 Å². The highest BCUT2D eigenvalue weighted by molar-refractivity contribution is 5.43. The molecule has 2 aromatic carbocycles. The summed E-state index contributed by atoms with van der Waals surface area (Å²) < 4.78 is 17.0. The van der Waals surface area contributed by atoms with Gasteiger partial charge in [0.05, 0.1) is 7.11 Å². The van der Waals surface area contributed by atoms with Crippen LogP contribution in [0.15, 0.2) is 66.9 Å². The van der Waals surface area contributed by atoms with E-state index in [4.69, 9.17) is 14.2 Å². The maximum Gasteiger partial charge on any atom is 0.128 e. The normalized spacial score (nSPS) is 10.3. The van der Waals surface area contributed by atoms with E-state index in [-0.39, 0.29) is 0 Å². The van der Waals surface area contributed by atoms with Crippen molar-refractivity contribution in [1.29, 1.82) is 0 Å². The third-order valence-corrected chi connectivity index (χ3v) is 4.03. The molecule has 0 spiro atoms. The van der Waals surface area contributed by atoms with E-state index in [9.17, 15) is 0 Å². The molecular formula is C22H24N2O3. The predicted molar refractivity (Wildman–Crippen MR) is 107 cm³/mol. The number of nitrogens with zero attached hydrogens (tertiary/aromatic N) is 1. The average molecular weight is 364 g/mol. The first-order chi connectivity index (χ1) is 13.2. The zero-order valence-corrected chi connectivity index (χ0v) is 15.6. The topological polar surface area (TPSA) is 52.6 Å². The molecule has 0 radical (unpaired) electrons. The Morgan fingerprint density at radius 3 is 2.41 bits per heavy atom. The molecule has 0 atom stereocenters. The van der Waals surface area contributed by atoms with Crippen LogP contribution in [0.5, 0.6) is 17.2 Å². The number of benzene rings is 2. The lowest BCUT2D eigenvalue weighted by atomic mass is 10.2. The Bertz CT molecular complexity index is 836. The molecule has 0 aliphatic heterocycles. The van der Waals surface area contributed by atoms with Crippen LogP contribution < -0.4 is 19.5 Å². The second-order valence-corrected chi connectivity index (χ2v) is 6.05. The van der Waals surface area contributed by atoms with Crippen LogP contribution >= 0.6 is 0 Å². The van der Waals surface area contributed by atoms with Crippen molar-refractivity contribution >= 4 is 5.82 Å². The van der Waals surface area contributed by atoms with Gasteiger partial charge in [-0.25, -0.2) is 4.98 Å². The zero-order valence-electron chi connectivity index (χ0n) is 15.6. The van der Waals surface area contributed by atoms with E-state index < -0.39 is 0 Å². The van der Waals surface area contributed by atoms with Crippen LogP contribution in [-0.2, 0) is 6.54 Å². The summed E-state index contributed by atoms with van der Waals surface area (Å²) in [6, 6.07) is 19.5. The molecule has 140 valence electrons. The van der Waals surface area contributed by atoms with E-state index in [1.165, 1.54) is 5.56 Å². The fourth-order valence-electron chi connectivity index (χ4n) is 2.54. The molecule has 3 aromatic rings. The minimum absolute atomic E-state index is 0.442. The van der Waals surface area contributed by atoms with Crippen molar-refractivity contribution in [2.45, 2.75) is 13.5 Å². The first kappa shape index (κ1) is 18.6. The summed E-state index contributed by atoms with van der Waals surface area (Å²) in [6.45, 7) is 3.57. The fourth-order valence-corrected chi connectivity index (χ4v) is 2.54. The largest absolute Gasteiger partial charge is 0.497 e. The molecule has 0 saturated heterocycles. The van der Waals surface area contributed by atoms with Crippen LogP contribution in [-0.4, -0.2) is 25.3 Å². The molecule has 0 unspecified atom stereocenters. The van der Waals surface area contributed by atoms with E-state index in [0.717, 1.165) is 28.6 Å². The first-order valence-electron chi connectivity index (χ1n) is 8.88. The third-order valence-electron chi connectivity index (χ3n) is 4.03. The van der Waals surface area contributed by atoms with Crippen molar-refractivity contribution in [3.63, 3.8) is 0 Å². The van der Waals surface area contributed by atoms with Crippen molar-refractivity contribution in [3.05, 3.63) is 78.0 Å². The Labute approximate surface area is 159 Å². The maximum atomic E-state index is 5.95. The van der Waals surface area contributed by atoms with Gasteiger partial charge >= 0.3 is 0 Å². The van der Waals surface area contributed by atoms with Gasteiger partial charge in [0.25, 0.3) is 0 Å². The first-order valence-corrected chi connectivity index (χ1v) is 8.88. The molecule has 0 saturated carbocycles. The predicted octanol–water partition coefficient (Wildman–Crippen LogP) is 4.47. The molecule has 1 heterocycles. The number of pyridine rings is 1. The quantitative estimate of drug-likeness (QED) is 0.568. The number of methoxy groups -OCH3 is 1. The number of hydrogen-bond donors (Lipinski definition) is 1. The molecule has 5 nitrogen and oxygen atoms in total. The summed E-state index contributed by atoms with van der Waals surface area (Å²) >= 11 is 0. The maximum absolute atomic E-state index is 5.95. The smallest absolute Gasteiger partial charge is 0.128 e. The Hall–Kier alpha value is -3.21. The number of nitrogens with one attached hydrogen (secondary N) is 1. The van der Waals surface area contributed by atoms with Crippen LogP contribution in [0.3, 0.4) is 0 Å². The number of aryl methyl sites for hydroxylation is 1.